The first kappa shape index (κ1) is 12.0. The van der Waals surface area contributed by atoms with Gasteiger partial charge in [0.25, 0.3) is 5.91 Å². The van der Waals surface area contributed by atoms with Gasteiger partial charge >= 0.3 is 0 Å². The number of rotatable bonds is 2. The Bertz CT molecular complexity index is 464. The van der Waals surface area contributed by atoms with Crippen molar-refractivity contribution in [2.24, 2.45) is 11.7 Å². The molecule has 1 saturated heterocycles. The van der Waals surface area contributed by atoms with Crippen LogP contribution < -0.4 is 5.73 Å². The van der Waals surface area contributed by atoms with Gasteiger partial charge in [0.2, 0.25) is 5.91 Å². The minimum Gasteiger partial charge on any atom is -0.369 e. The van der Waals surface area contributed by atoms with E-state index in [1.54, 1.807) is 23.1 Å². The molecule has 2 amide bonds. The molecule has 1 unspecified atom stereocenters. The van der Waals surface area contributed by atoms with Gasteiger partial charge in [-0.1, -0.05) is 6.07 Å². The second-order valence-electron chi connectivity index (χ2n) is 3.98. The lowest BCUT2D eigenvalue weighted by Gasteiger charge is -2.15. The van der Waals surface area contributed by atoms with Crippen LogP contribution in [0.2, 0.25) is 0 Å². The van der Waals surface area contributed by atoms with E-state index in [-0.39, 0.29) is 17.7 Å². The number of carbonyl (C=O) groups excluding carboxylic acids is 2. The molecule has 90 valence electrons. The number of nitrogens with two attached hydrogens (primary N) is 1. The maximum atomic E-state index is 12.1. The fourth-order valence-electron chi connectivity index (χ4n) is 1.87. The van der Waals surface area contributed by atoms with Crippen molar-refractivity contribution in [1.82, 2.24) is 9.88 Å². The first-order chi connectivity index (χ1) is 8.08. The van der Waals surface area contributed by atoms with Crippen molar-refractivity contribution in [3.63, 3.8) is 0 Å². The lowest BCUT2D eigenvalue weighted by atomic mass is 10.1. The van der Waals surface area contributed by atoms with Crippen LogP contribution in [0.1, 0.15) is 16.9 Å². The van der Waals surface area contributed by atoms with Crippen molar-refractivity contribution in [3.05, 3.63) is 28.5 Å². The van der Waals surface area contributed by atoms with Gasteiger partial charge in [-0.25, -0.2) is 4.98 Å². The highest BCUT2D eigenvalue weighted by molar-refractivity contribution is 9.10. The molecule has 0 bridgehead atoms. The maximum Gasteiger partial charge on any atom is 0.272 e. The minimum atomic E-state index is -0.345. The number of hydrogen-bond donors (Lipinski definition) is 1. The molecule has 2 N–H and O–H groups in total. The van der Waals surface area contributed by atoms with Gasteiger partial charge in [-0.2, -0.15) is 0 Å². The van der Waals surface area contributed by atoms with E-state index in [4.69, 9.17) is 5.73 Å². The van der Waals surface area contributed by atoms with E-state index < -0.39 is 0 Å². The normalized spacial score (nSPS) is 19.4. The van der Waals surface area contributed by atoms with Crippen LogP contribution >= 0.6 is 15.9 Å². The van der Waals surface area contributed by atoms with Gasteiger partial charge in [0.05, 0.1) is 5.92 Å². The van der Waals surface area contributed by atoms with Crippen LogP contribution in [0.15, 0.2) is 22.8 Å². The first-order valence-electron chi connectivity index (χ1n) is 5.29. The highest BCUT2D eigenvalue weighted by Gasteiger charge is 2.30. The number of carbonyl (C=O) groups is 2. The van der Waals surface area contributed by atoms with E-state index >= 15 is 0 Å². The second-order valence-corrected chi connectivity index (χ2v) is 4.80. The predicted molar refractivity (Wildman–Crippen MR) is 65.1 cm³/mol. The van der Waals surface area contributed by atoms with Crippen molar-refractivity contribution in [2.45, 2.75) is 6.42 Å². The molecule has 0 saturated carbocycles. The maximum absolute atomic E-state index is 12.1. The third-order valence-corrected chi connectivity index (χ3v) is 3.25. The molecule has 0 aliphatic carbocycles. The van der Waals surface area contributed by atoms with Gasteiger partial charge in [0, 0.05) is 13.1 Å². The molecule has 1 fully saturated rings. The first-order valence-corrected chi connectivity index (χ1v) is 6.08. The number of amides is 2. The van der Waals surface area contributed by atoms with Gasteiger partial charge in [-0.05, 0) is 34.5 Å². The summed E-state index contributed by atoms with van der Waals surface area (Å²) in [6.07, 6.45) is 0.634. The molecule has 6 heteroatoms. The molecule has 0 aromatic carbocycles. The van der Waals surface area contributed by atoms with Crippen LogP contribution in [0.3, 0.4) is 0 Å². The van der Waals surface area contributed by atoms with Crippen LogP contribution in [0.25, 0.3) is 0 Å². The Labute approximate surface area is 107 Å². The number of halogens is 1. The number of nitrogens with zero attached hydrogens (tertiary/aromatic N) is 2. The second kappa shape index (κ2) is 4.83. The summed E-state index contributed by atoms with van der Waals surface area (Å²) in [5.74, 6) is -0.733. The van der Waals surface area contributed by atoms with E-state index in [1.807, 2.05) is 0 Å². The van der Waals surface area contributed by atoms with Gasteiger partial charge < -0.3 is 10.6 Å². The Morgan fingerprint density at radius 1 is 1.47 bits per heavy atom. The molecule has 1 aliphatic heterocycles. The number of hydrogen-bond acceptors (Lipinski definition) is 3. The summed E-state index contributed by atoms with van der Waals surface area (Å²) in [4.78, 5) is 28.8. The Morgan fingerprint density at radius 3 is 2.82 bits per heavy atom. The highest BCUT2D eigenvalue weighted by atomic mass is 79.9. The summed E-state index contributed by atoms with van der Waals surface area (Å²) < 4.78 is 0.619. The van der Waals surface area contributed by atoms with Crippen LogP contribution in [0, 0.1) is 5.92 Å². The van der Waals surface area contributed by atoms with E-state index in [1.165, 1.54) is 0 Å². The zero-order chi connectivity index (χ0) is 12.4. The minimum absolute atomic E-state index is 0.157. The molecular formula is C11H12BrN3O2. The van der Waals surface area contributed by atoms with Crippen LogP contribution in [-0.2, 0) is 4.79 Å². The summed E-state index contributed by atoms with van der Waals surface area (Å²) in [7, 11) is 0. The third-order valence-electron chi connectivity index (χ3n) is 2.81. The molecule has 2 heterocycles. The summed E-state index contributed by atoms with van der Waals surface area (Å²) in [6.45, 7) is 0.947. The Balaban J connectivity index is 2.09. The Kier molecular flexibility index (Phi) is 3.42. The smallest absolute Gasteiger partial charge is 0.272 e. The van der Waals surface area contributed by atoms with E-state index in [0.29, 0.717) is 29.8 Å². The van der Waals surface area contributed by atoms with Crippen molar-refractivity contribution < 1.29 is 9.59 Å². The van der Waals surface area contributed by atoms with Crippen molar-refractivity contribution in [1.29, 1.82) is 0 Å². The topological polar surface area (TPSA) is 76.3 Å². The Morgan fingerprint density at radius 2 is 2.24 bits per heavy atom. The summed E-state index contributed by atoms with van der Waals surface area (Å²) in [5.41, 5.74) is 5.60. The molecule has 1 aliphatic rings. The number of aromatic nitrogens is 1. The zero-order valence-corrected chi connectivity index (χ0v) is 10.7. The van der Waals surface area contributed by atoms with Crippen molar-refractivity contribution in [3.8, 4) is 0 Å². The molecular weight excluding hydrogens is 286 g/mol. The van der Waals surface area contributed by atoms with Gasteiger partial charge in [0.1, 0.15) is 10.3 Å². The molecule has 1 aromatic heterocycles. The number of likely N-dealkylation sites (tertiary alicyclic amines) is 1. The van der Waals surface area contributed by atoms with Crippen LogP contribution in [0.5, 0.6) is 0 Å². The molecule has 0 radical (unpaired) electrons. The third kappa shape index (κ3) is 2.63. The van der Waals surface area contributed by atoms with E-state index in [0.717, 1.165) is 0 Å². The summed E-state index contributed by atoms with van der Waals surface area (Å²) in [5, 5.41) is 0. The summed E-state index contributed by atoms with van der Waals surface area (Å²) in [6, 6.07) is 5.17. The Hall–Kier alpha value is -1.43. The predicted octanol–water partition coefficient (Wildman–Crippen LogP) is 0.791. The average molecular weight is 298 g/mol. The van der Waals surface area contributed by atoms with Crippen molar-refractivity contribution >= 4 is 27.7 Å². The molecule has 0 spiro atoms. The highest BCUT2D eigenvalue weighted by Crippen LogP contribution is 2.18. The standard InChI is InChI=1S/C11H12BrN3O2/c12-9-3-1-2-8(14-9)11(17)15-5-4-7(6-15)10(13)16/h1-3,7H,4-6H2,(H2,13,16). The van der Waals surface area contributed by atoms with Gasteiger partial charge in [0.15, 0.2) is 0 Å². The molecule has 17 heavy (non-hydrogen) atoms. The number of pyridine rings is 1. The van der Waals surface area contributed by atoms with Crippen molar-refractivity contribution in [2.75, 3.05) is 13.1 Å². The average Bonchev–Trinajstić information content (AvgIpc) is 2.77. The van der Waals surface area contributed by atoms with E-state index in [2.05, 4.69) is 20.9 Å². The van der Waals surface area contributed by atoms with Crippen LogP contribution in [-0.4, -0.2) is 34.8 Å². The largest absolute Gasteiger partial charge is 0.369 e. The lowest BCUT2D eigenvalue weighted by molar-refractivity contribution is -0.121. The lowest BCUT2D eigenvalue weighted by Crippen LogP contribution is -2.32. The molecule has 1 atom stereocenters. The van der Waals surface area contributed by atoms with Gasteiger partial charge in [-0.3, -0.25) is 9.59 Å². The van der Waals surface area contributed by atoms with Gasteiger partial charge in [-0.15, -0.1) is 0 Å². The van der Waals surface area contributed by atoms with Crippen LogP contribution in [0.4, 0.5) is 0 Å². The monoisotopic (exact) mass is 297 g/mol. The SMILES string of the molecule is NC(=O)C1CCN(C(=O)c2cccc(Br)n2)C1. The fraction of sp³-hybridized carbons (Fsp3) is 0.364. The molecule has 5 nitrogen and oxygen atoms in total. The summed E-state index contributed by atoms with van der Waals surface area (Å²) >= 11 is 3.22. The zero-order valence-electron chi connectivity index (χ0n) is 9.10. The number of primary amides is 1. The molecule has 2 rings (SSSR count). The fourth-order valence-corrected chi connectivity index (χ4v) is 2.21. The quantitative estimate of drug-likeness (QED) is 0.820. The van der Waals surface area contributed by atoms with E-state index in [9.17, 15) is 9.59 Å². The molecule has 1 aromatic rings.